The van der Waals surface area contributed by atoms with Gasteiger partial charge in [-0.3, -0.25) is 0 Å². The Hall–Kier alpha value is -1.63. The van der Waals surface area contributed by atoms with Crippen molar-refractivity contribution in [2.24, 2.45) is 11.7 Å². The molecule has 0 heterocycles. The molecule has 7 heteroatoms. The first-order valence-electron chi connectivity index (χ1n) is 8.12. The molecule has 1 aliphatic carbocycles. The summed E-state index contributed by atoms with van der Waals surface area (Å²) in [5.41, 5.74) is 7.03. The minimum absolute atomic E-state index is 0.00397. The molecule has 1 fully saturated rings. The van der Waals surface area contributed by atoms with Crippen LogP contribution < -0.4 is 5.73 Å². The number of aliphatic carboxylic acids is 2. The van der Waals surface area contributed by atoms with E-state index in [1.165, 1.54) is 12.0 Å². The fourth-order valence-corrected chi connectivity index (χ4v) is 3.20. The molecular formula is C18H26ClNO5. The second-order valence-corrected chi connectivity index (χ2v) is 7.53. The number of halogens is 1. The molecule has 2 atom stereocenters. The van der Waals surface area contributed by atoms with E-state index in [-0.39, 0.29) is 17.4 Å². The fourth-order valence-electron chi connectivity index (χ4n) is 3.07. The van der Waals surface area contributed by atoms with Crippen LogP contribution in [0.3, 0.4) is 0 Å². The molecule has 0 radical (unpaired) electrons. The summed E-state index contributed by atoms with van der Waals surface area (Å²) in [6, 6.07) is 7.98. The van der Waals surface area contributed by atoms with E-state index < -0.39 is 17.5 Å². The standard InChI is InChI=1S/C16H24ClNO.C2H2O4/c1-11(15(2,3)19)14(18)16(9-4-10-16)12-5-7-13(17)8-6-12;3-1(4)2(5)6/h5-8,11,14,19H,4,9-10,18H2,1-3H3;(H,3,4)(H,5,6). The van der Waals surface area contributed by atoms with Gasteiger partial charge in [0, 0.05) is 22.4 Å². The number of aliphatic hydroxyl groups is 1. The van der Waals surface area contributed by atoms with Crippen molar-refractivity contribution in [3.05, 3.63) is 34.9 Å². The van der Waals surface area contributed by atoms with Crippen molar-refractivity contribution < 1.29 is 24.9 Å². The van der Waals surface area contributed by atoms with Gasteiger partial charge in [0.25, 0.3) is 0 Å². The Morgan fingerprint density at radius 2 is 1.60 bits per heavy atom. The summed E-state index contributed by atoms with van der Waals surface area (Å²) < 4.78 is 0. The minimum Gasteiger partial charge on any atom is -0.473 e. The lowest BCUT2D eigenvalue weighted by atomic mass is 9.56. The molecule has 2 unspecified atom stereocenters. The van der Waals surface area contributed by atoms with Crippen LogP contribution in [-0.2, 0) is 15.0 Å². The number of rotatable bonds is 4. The SMILES string of the molecule is CC(C(N)C1(c2ccc(Cl)cc2)CCC1)C(C)(C)O.O=C(O)C(=O)O. The minimum atomic E-state index is -1.82. The lowest BCUT2D eigenvalue weighted by Gasteiger charge is -2.51. The Labute approximate surface area is 152 Å². The molecule has 0 bridgehead atoms. The van der Waals surface area contributed by atoms with Crippen LogP contribution in [0.25, 0.3) is 0 Å². The molecule has 1 aliphatic rings. The second-order valence-electron chi connectivity index (χ2n) is 7.10. The summed E-state index contributed by atoms with van der Waals surface area (Å²) >= 11 is 5.97. The normalized spacial score (nSPS) is 18.2. The Balaban J connectivity index is 0.000000450. The Morgan fingerprint density at radius 1 is 1.16 bits per heavy atom. The third-order valence-corrected chi connectivity index (χ3v) is 5.39. The molecule has 1 saturated carbocycles. The van der Waals surface area contributed by atoms with E-state index in [2.05, 4.69) is 12.1 Å². The topological polar surface area (TPSA) is 121 Å². The van der Waals surface area contributed by atoms with Gasteiger partial charge >= 0.3 is 11.9 Å². The van der Waals surface area contributed by atoms with Crippen LogP contribution in [0.15, 0.2) is 24.3 Å². The van der Waals surface area contributed by atoms with Gasteiger partial charge < -0.3 is 21.1 Å². The average Bonchev–Trinajstić information content (AvgIpc) is 2.46. The molecule has 0 aliphatic heterocycles. The number of benzene rings is 1. The first kappa shape index (κ1) is 21.4. The zero-order chi connectivity index (χ0) is 19.4. The maximum Gasteiger partial charge on any atom is 0.414 e. The first-order valence-corrected chi connectivity index (χ1v) is 8.50. The molecule has 0 spiro atoms. The van der Waals surface area contributed by atoms with Crippen LogP contribution in [0.1, 0.15) is 45.6 Å². The van der Waals surface area contributed by atoms with Crippen molar-refractivity contribution in [3.63, 3.8) is 0 Å². The van der Waals surface area contributed by atoms with Crippen LogP contribution in [-0.4, -0.2) is 38.9 Å². The van der Waals surface area contributed by atoms with Crippen LogP contribution in [0.5, 0.6) is 0 Å². The van der Waals surface area contributed by atoms with Crippen molar-refractivity contribution in [2.45, 2.75) is 57.1 Å². The summed E-state index contributed by atoms with van der Waals surface area (Å²) in [7, 11) is 0. The molecule has 0 saturated heterocycles. The van der Waals surface area contributed by atoms with Gasteiger partial charge in [-0.2, -0.15) is 0 Å². The van der Waals surface area contributed by atoms with E-state index in [0.717, 1.165) is 17.9 Å². The van der Waals surface area contributed by atoms with E-state index in [9.17, 15) is 5.11 Å². The van der Waals surface area contributed by atoms with Crippen molar-refractivity contribution in [1.29, 1.82) is 0 Å². The van der Waals surface area contributed by atoms with E-state index in [0.29, 0.717) is 0 Å². The fraction of sp³-hybridized carbons (Fsp3) is 0.556. The Kier molecular flexibility index (Phi) is 6.99. The lowest BCUT2D eigenvalue weighted by Crippen LogP contribution is -2.57. The molecule has 1 aromatic rings. The molecule has 6 nitrogen and oxygen atoms in total. The zero-order valence-corrected chi connectivity index (χ0v) is 15.5. The van der Waals surface area contributed by atoms with Crippen LogP contribution in [0.4, 0.5) is 0 Å². The van der Waals surface area contributed by atoms with Crippen molar-refractivity contribution in [1.82, 2.24) is 0 Å². The predicted molar refractivity (Wildman–Crippen MR) is 95.7 cm³/mol. The molecule has 25 heavy (non-hydrogen) atoms. The molecule has 5 N–H and O–H groups in total. The maximum atomic E-state index is 10.2. The summed E-state index contributed by atoms with van der Waals surface area (Å²) in [4.78, 5) is 18.2. The predicted octanol–water partition coefficient (Wildman–Crippen LogP) is 2.65. The Bertz CT molecular complexity index is 593. The van der Waals surface area contributed by atoms with Gasteiger partial charge in [-0.1, -0.05) is 37.1 Å². The third-order valence-electron chi connectivity index (χ3n) is 5.14. The Morgan fingerprint density at radius 3 is 1.88 bits per heavy atom. The highest BCUT2D eigenvalue weighted by molar-refractivity contribution is 6.30. The van der Waals surface area contributed by atoms with Gasteiger partial charge in [0.2, 0.25) is 0 Å². The highest BCUT2D eigenvalue weighted by Gasteiger charge is 2.48. The highest BCUT2D eigenvalue weighted by atomic mass is 35.5. The lowest BCUT2D eigenvalue weighted by molar-refractivity contribution is -0.159. The van der Waals surface area contributed by atoms with Gasteiger partial charge in [-0.15, -0.1) is 0 Å². The van der Waals surface area contributed by atoms with Gasteiger partial charge in [-0.25, -0.2) is 9.59 Å². The first-order chi connectivity index (χ1) is 11.4. The number of hydrogen-bond acceptors (Lipinski definition) is 4. The molecule has 0 aromatic heterocycles. The number of hydrogen-bond donors (Lipinski definition) is 4. The third kappa shape index (κ3) is 5.17. The van der Waals surface area contributed by atoms with Gasteiger partial charge in [0.05, 0.1) is 5.60 Å². The van der Waals surface area contributed by atoms with Crippen molar-refractivity contribution >= 4 is 23.5 Å². The summed E-state index contributed by atoms with van der Waals surface area (Å²) in [6.07, 6.45) is 3.39. The van der Waals surface area contributed by atoms with Crippen LogP contribution in [0, 0.1) is 5.92 Å². The van der Waals surface area contributed by atoms with E-state index >= 15 is 0 Å². The number of carbonyl (C=O) groups is 2. The van der Waals surface area contributed by atoms with Gasteiger partial charge in [-0.05, 0) is 44.4 Å². The maximum absolute atomic E-state index is 10.2. The molecule has 0 amide bonds. The average molecular weight is 372 g/mol. The van der Waals surface area contributed by atoms with E-state index in [1.807, 2.05) is 32.9 Å². The van der Waals surface area contributed by atoms with E-state index in [4.69, 9.17) is 37.1 Å². The van der Waals surface area contributed by atoms with Gasteiger partial charge in [0.15, 0.2) is 0 Å². The van der Waals surface area contributed by atoms with Crippen LogP contribution >= 0.6 is 11.6 Å². The molecule has 2 rings (SSSR count). The number of carboxylic acids is 2. The highest BCUT2D eigenvalue weighted by Crippen LogP contribution is 2.48. The number of nitrogens with two attached hydrogens (primary N) is 1. The molecular weight excluding hydrogens is 346 g/mol. The van der Waals surface area contributed by atoms with Crippen LogP contribution in [0.2, 0.25) is 5.02 Å². The monoisotopic (exact) mass is 371 g/mol. The second kappa shape index (κ2) is 8.17. The molecule has 1 aromatic carbocycles. The van der Waals surface area contributed by atoms with Gasteiger partial charge in [0.1, 0.15) is 0 Å². The van der Waals surface area contributed by atoms with Crippen molar-refractivity contribution in [3.8, 4) is 0 Å². The van der Waals surface area contributed by atoms with E-state index in [1.54, 1.807) is 0 Å². The quantitative estimate of drug-likeness (QED) is 0.604. The summed E-state index contributed by atoms with van der Waals surface area (Å²) in [5, 5.41) is 25.8. The smallest absolute Gasteiger partial charge is 0.414 e. The number of carboxylic acid groups (broad SMARTS) is 2. The largest absolute Gasteiger partial charge is 0.473 e. The van der Waals surface area contributed by atoms with Crippen molar-refractivity contribution in [2.75, 3.05) is 0 Å². The molecule has 140 valence electrons. The summed E-state index contributed by atoms with van der Waals surface area (Å²) in [6.45, 7) is 5.72. The summed E-state index contributed by atoms with van der Waals surface area (Å²) in [5.74, 6) is -3.60. The zero-order valence-electron chi connectivity index (χ0n) is 14.7.